The van der Waals surface area contributed by atoms with E-state index >= 15 is 0 Å². The fourth-order valence-electron chi connectivity index (χ4n) is 1.94. The fraction of sp³-hybridized carbons (Fsp3) is 1.00. The lowest BCUT2D eigenvalue weighted by molar-refractivity contribution is 0.0446. The summed E-state index contributed by atoms with van der Waals surface area (Å²) >= 11 is 0. The minimum Gasteiger partial charge on any atom is -0.314 e. The number of hydrogen-bond donors (Lipinski definition) is 1. The van der Waals surface area contributed by atoms with E-state index < -0.39 is 0 Å². The van der Waals surface area contributed by atoms with Crippen LogP contribution in [0.3, 0.4) is 0 Å². The van der Waals surface area contributed by atoms with Gasteiger partial charge in [0.05, 0.1) is 0 Å². The van der Waals surface area contributed by atoms with Gasteiger partial charge in [-0.05, 0) is 7.05 Å². The van der Waals surface area contributed by atoms with Crippen LogP contribution in [0.25, 0.3) is 0 Å². The number of halogens is 3. The first kappa shape index (κ1) is 17.2. The molecule has 2 aliphatic heterocycles. The summed E-state index contributed by atoms with van der Waals surface area (Å²) in [5.74, 6) is 0. The number of rotatable bonds is 1. The van der Waals surface area contributed by atoms with E-state index in [4.69, 9.17) is 0 Å². The third kappa shape index (κ3) is 4.09. The second-order valence-corrected chi connectivity index (χ2v) is 3.66. The molecule has 0 spiro atoms. The molecule has 0 amide bonds. The average Bonchev–Trinajstić information content (AvgIpc) is 2.01. The lowest BCUT2D eigenvalue weighted by Gasteiger charge is -2.45. The van der Waals surface area contributed by atoms with E-state index in [1.54, 1.807) is 0 Å². The Kier molecular flexibility index (Phi) is 9.76. The topological polar surface area (TPSA) is 18.5 Å². The van der Waals surface area contributed by atoms with Crippen molar-refractivity contribution in [2.24, 2.45) is 0 Å². The maximum absolute atomic E-state index is 3.37. The fourth-order valence-corrected chi connectivity index (χ4v) is 1.94. The molecule has 0 radical (unpaired) electrons. The average molecular weight is 265 g/mol. The van der Waals surface area contributed by atoms with Crippen LogP contribution in [0.1, 0.15) is 0 Å². The molecule has 88 valence electrons. The minimum atomic E-state index is 0. The lowest BCUT2D eigenvalue weighted by atomic mass is 10.1. The molecule has 2 rings (SSSR count). The van der Waals surface area contributed by atoms with Crippen LogP contribution in [0.5, 0.6) is 0 Å². The zero-order chi connectivity index (χ0) is 7.68. The molecule has 3 nitrogen and oxygen atoms in total. The highest BCUT2D eigenvalue weighted by molar-refractivity contribution is 5.86. The Balaban J connectivity index is 0. The van der Waals surface area contributed by atoms with Gasteiger partial charge in [0.25, 0.3) is 0 Å². The van der Waals surface area contributed by atoms with E-state index in [2.05, 4.69) is 22.2 Å². The zero-order valence-corrected chi connectivity index (χ0v) is 10.9. The van der Waals surface area contributed by atoms with Gasteiger partial charge >= 0.3 is 0 Å². The number of nitrogens with zero attached hydrogens (tertiary/aromatic N) is 2. The van der Waals surface area contributed by atoms with Crippen molar-refractivity contribution in [2.75, 3.05) is 46.3 Å². The molecule has 6 heteroatoms. The van der Waals surface area contributed by atoms with E-state index in [0.29, 0.717) is 0 Å². The van der Waals surface area contributed by atoms with Crippen molar-refractivity contribution in [3.05, 3.63) is 0 Å². The van der Waals surface area contributed by atoms with Gasteiger partial charge in [0.2, 0.25) is 0 Å². The summed E-state index contributed by atoms with van der Waals surface area (Å²) in [6.45, 7) is 7.41. The summed E-state index contributed by atoms with van der Waals surface area (Å²) in [5.41, 5.74) is 0. The summed E-state index contributed by atoms with van der Waals surface area (Å²) in [7, 11) is 2.19. The van der Waals surface area contributed by atoms with Gasteiger partial charge in [-0.2, -0.15) is 0 Å². The molecular weight excluding hydrogens is 244 g/mol. The molecule has 0 atom stereocenters. The molecule has 0 unspecified atom stereocenters. The monoisotopic (exact) mass is 263 g/mol. The van der Waals surface area contributed by atoms with E-state index in [-0.39, 0.29) is 37.2 Å². The maximum Gasteiger partial charge on any atom is 0.0351 e. The predicted octanol–water partition coefficient (Wildman–Crippen LogP) is 0.471. The van der Waals surface area contributed by atoms with Crippen molar-refractivity contribution in [1.29, 1.82) is 0 Å². The third-order valence-electron chi connectivity index (χ3n) is 2.71. The van der Waals surface area contributed by atoms with Gasteiger partial charge in [-0.15, -0.1) is 37.2 Å². The molecule has 2 heterocycles. The van der Waals surface area contributed by atoms with Crippen LogP contribution in [-0.4, -0.2) is 62.2 Å². The highest BCUT2D eigenvalue weighted by atomic mass is 35.5. The second kappa shape index (κ2) is 7.97. The molecule has 1 N–H and O–H groups in total. The highest BCUT2D eigenvalue weighted by Crippen LogP contribution is 2.12. The summed E-state index contributed by atoms with van der Waals surface area (Å²) in [4.78, 5) is 4.99. The van der Waals surface area contributed by atoms with Crippen LogP contribution in [0.4, 0.5) is 0 Å². The molecule has 2 aliphatic rings. The molecule has 0 aliphatic carbocycles. The molecule has 0 bridgehead atoms. The van der Waals surface area contributed by atoms with Crippen LogP contribution < -0.4 is 5.32 Å². The summed E-state index contributed by atoms with van der Waals surface area (Å²) in [5, 5.41) is 3.37. The maximum atomic E-state index is 3.37. The van der Waals surface area contributed by atoms with Crippen LogP contribution in [0.15, 0.2) is 0 Å². The molecular formula is C8H20Cl3N3. The van der Waals surface area contributed by atoms with Gasteiger partial charge in [-0.25, -0.2) is 0 Å². The summed E-state index contributed by atoms with van der Waals surface area (Å²) < 4.78 is 0. The Labute approximate surface area is 105 Å². The van der Waals surface area contributed by atoms with Crippen molar-refractivity contribution < 1.29 is 0 Å². The largest absolute Gasteiger partial charge is 0.314 e. The smallest absolute Gasteiger partial charge is 0.0351 e. The van der Waals surface area contributed by atoms with Crippen LogP contribution in [0, 0.1) is 0 Å². The van der Waals surface area contributed by atoms with E-state index in [1.807, 2.05) is 0 Å². The number of hydrogen-bond acceptors (Lipinski definition) is 3. The molecule has 0 aromatic rings. The molecule has 14 heavy (non-hydrogen) atoms. The van der Waals surface area contributed by atoms with Gasteiger partial charge in [-0.1, -0.05) is 0 Å². The van der Waals surface area contributed by atoms with E-state index in [1.165, 1.54) is 39.3 Å². The molecule has 2 fully saturated rings. The first-order valence-electron chi connectivity index (χ1n) is 4.49. The van der Waals surface area contributed by atoms with Crippen LogP contribution in [0.2, 0.25) is 0 Å². The highest BCUT2D eigenvalue weighted by Gasteiger charge is 2.29. The number of likely N-dealkylation sites (tertiary alicyclic amines) is 1. The van der Waals surface area contributed by atoms with Crippen molar-refractivity contribution in [3.8, 4) is 0 Å². The Bertz CT molecular complexity index is 136. The quantitative estimate of drug-likeness (QED) is 0.743. The van der Waals surface area contributed by atoms with Crippen molar-refractivity contribution in [3.63, 3.8) is 0 Å². The SMILES string of the molecule is CN1CC(N2CCNCC2)C1.Cl.Cl.Cl. The molecule has 2 saturated heterocycles. The number of likely N-dealkylation sites (N-methyl/N-ethyl adjacent to an activating group) is 1. The first-order chi connectivity index (χ1) is 5.36. The standard InChI is InChI=1S/C8H17N3.3ClH/c1-10-6-8(7-10)11-4-2-9-3-5-11;;;/h8-9H,2-7H2,1H3;3*1H. The predicted molar refractivity (Wildman–Crippen MR) is 67.5 cm³/mol. The number of piperazine rings is 1. The van der Waals surface area contributed by atoms with Crippen LogP contribution >= 0.6 is 37.2 Å². The van der Waals surface area contributed by atoms with Crippen LogP contribution in [-0.2, 0) is 0 Å². The van der Waals surface area contributed by atoms with Crippen molar-refractivity contribution in [2.45, 2.75) is 6.04 Å². The van der Waals surface area contributed by atoms with E-state index in [9.17, 15) is 0 Å². The van der Waals surface area contributed by atoms with E-state index in [0.717, 1.165) is 6.04 Å². The van der Waals surface area contributed by atoms with Gasteiger partial charge in [0.1, 0.15) is 0 Å². The third-order valence-corrected chi connectivity index (χ3v) is 2.71. The summed E-state index contributed by atoms with van der Waals surface area (Å²) in [6, 6.07) is 0.863. The van der Waals surface area contributed by atoms with Crippen molar-refractivity contribution >= 4 is 37.2 Å². The zero-order valence-electron chi connectivity index (χ0n) is 8.44. The Morgan fingerprint density at radius 1 is 1.00 bits per heavy atom. The first-order valence-corrected chi connectivity index (χ1v) is 4.49. The Hall–Kier alpha value is 0.750. The number of nitrogens with one attached hydrogen (secondary N) is 1. The summed E-state index contributed by atoms with van der Waals surface area (Å²) in [6.07, 6.45) is 0. The van der Waals surface area contributed by atoms with Crippen molar-refractivity contribution in [1.82, 2.24) is 15.1 Å². The van der Waals surface area contributed by atoms with Gasteiger partial charge in [0.15, 0.2) is 0 Å². The molecule has 0 saturated carbocycles. The normalized spacial score (nSPS) is 23.8. The lowest BCUT2D eigenvalue weighted by Crippen LogP contribution is -2.61. The van der Waals surface area contributed by atoms with Gasteiger partial charge in [0, 0.05) is 45.3 Å². The second-order valence-electron chi connectivity index (χ2n) is 3.66. The Morgan fingerprint density at radius 2 is 1.50 bits per heavy atom. The van der Waals surface area contributed by atoms with Gasteiger partial charge in [-0.3, -0.25) is 4.90 Å². The minimum absolute atomic E-state index is 0. The Morgan fingerprint density at radius 3 is 1.93 bits per heavy atom. The molecule has 0 aromatic heterocycles. The molecule has 0 aromatic carbocycles. The van der Waals surface area contributed by atoms with Gasteiger partial charge < -0.3 is 10.2 Å².